The molecule has 134 valence electrons. The Labute approximate surface area is 154 Å². The Hall–Kier alpha value is -2.11. The molecule has 0 bridgehead atoms. The van der Waals surface area contributed by atoms with Crippen LogP contribution in [0.2, 0.25) is 5.15 Å². The second kappa shape index (κ2) is 9.39. The molecule has 1 aromatic heterocycles. The number of aliphatic hydroxyl groups is 1. The first-order valence-corrected chi connectivity index (χ1v) is 8.79. The molecular weight excluding hydrogens is 336 g/mol. The van der Waals surface area contributed by atoms with Gasteiger partial charge in [-0.1, -0.05) is 48.0 Å². The SMILES string of the molecule is CCNC(=NCC(C)(O)c1ccccc1)NCCc1ccc(Cl)nc1. The first-order valence-electron chi connectivity index (χ1n) is 8.42. The Bertz CT molecular complexity index is 672. The molecule has 0 aliphatic heterocycles. The number of aromatic nitrogens is 1. The van der Waals surface area contributed by atoms with Gasteiger partial charge in [-0.3, -0.25) is 0 Å². The number of halogens is 1. The number of hydrogen-bond acceptors (Lipinski definition) is 3. The minimum atomic E-state index is -1.01. The maximum Gasteiger partial charge on any atom is 0.191 e. The van der Waals surface area contributed by atoms with Crippen LogP contribution in [0.25, 0.3) is 0 Å². The van der Waals surface area contributed by atoms with Gasteiger partial charge in [-0.05, 0) is 37.5 Å². The van der Waals surface area contributed by atoms with Gasteiger partial charge in [-0.25, -0.2) is 9.98 Å². The highest BCUT2D eigenvalue weighted by molar-refractivity contribution is 6.29. The van der Waals surface area contributed by atoms with Crippen LogP contribution >= 0.6 is 11.6 Å². The van der Waals surface area contributed by atoms with Crippen molar-refractivity contribution >= 4 is 17.6 Å². The van der Waals surface area contributed by atoms with E-state index in [1.54, 1.807) is 19.2 Å². The number of pyridine rings is 1. The second-order valence-corrected chi connectivity index (χ2v) is 6.39. The van der Waals surface area contributed by atoms with E-state index < -0.39 is 5.60 Å². The Morgan fingerprint density at radius 2 is 1.96 bits per heavy atom. The molecule has 0 aliphatic carbocycles. The summed E-state index contributed by atoms with van der Waals surface area (Å²) >= 11 is 5.79. The van der Waals surface area contributed by atoms with Gasteiger partial charge in [0, 0.05) is 19.3 Å². The van der Waals surface area contributed by atoms with Gasteiger partial charge in [-0.2, -0.15) is 0 Å². The van der Waals surface area contributed by atoms with E-state index in [4.69, 9.17) is 11.6 Å². The summed E-state index contributed by atoms with van der Waals surface area (Å²) in [6.45, 7) is 5.52. The van der Waals surface area contributed by atoms with Gasteiger partial charge in [-0.15, -0.1) is 0 Å². The van der Waals surface area contributed by atoms with Crippen molar-refractivity contribution in [3.05, 3.63) is 64.9 Å². The van der Waals surface area contributed by atoms with Crippen LogP contribution in [0.1, 0.15) is 25.0 Å². The third-order valence-corrected chi connectivity index (χ3v) is 4.00. The van der Waals surface area contributed by atoms with Gasteiger partial charge >= 0.3 is 0 Å². The van der Waals surface area contributed by atoms with Crippen LogP contribution in [0.5, 0.6) is 0 Å². The van der Waals surface area contributed by atoms with Crippen LogP contribution < -0.4 is 10.6 Å². The van der Waals surface area contributed by atoms with Crippen molar-refractivity contribution in [1.82, 2.24) is 15.6 Å². The molecule has 6 heteroatoms. The topological polar surface area (TPSA) is 69.5 Å². The molecule has 1 heterocycles. The Morgan fingerprint density at radius 1 is 1.20 bits per heavy atom. The highest BCUT2D eigenvalue weighted by Crippen LogP contribution is 2.20. The van der Waals surface area contributed by atoms with Crippen LogP contribution in [-0.2, 0) is 12.0 Å². The van der Waals surface area contributed by atoms with E-state index in [9.17, 15) is 5.11 Å². The summed E-state index contributed by atoms with van der Waals surface area (Å²) in [7, 11) is 0. The largest absolute Gasteiger partial charge is 0.384 e. The molecule has 1 aromatic carbocycles. The fraction of sp³-hybridized carbons (Fsp3) is 0.368. The zero-order valence-electron chi connectivity index (χ0n) is 14.7. The standard InChI is InChI=1S/C19H25ClN4O/c1-3-21-18(22-12-11-15-9-10-17(20)23-13-15)24-14-19(2,25)16-7-5-4-6-8-16/h4-10,13,25H,3,11-12,14H2,1-2H3,(H2,21,22,24). The predicted octanol–water partition coefficient (Wildman–Crippen LogP) is 2.74. The number of rotatable bonds is 7. The van der Waals surface area contributed by atoms with E-state index in [-0.39, 0.29) is 6.54 Å². The van der Waals surface area contributed by atoms with Crippen molar-refractivity contribution in [2.45, 2.75) is 25.9 Å². The van der Waals surface area contributed by atoms with E-state index in [0.29, 0.717) is 17.7 Å². The van der Waals surface area contributed by atoms with E-state index in [1.165, 1.54) is 0 Å². The van der Waals surface area contributed by atoms with Crippen molar-refractivity contribution < 1.29 is 5.11 Å². The van der Waals surface area contributed by atoms with E-state index in [2.05, 4.69) is 20.6 Å². The maximum absolute atomic E-state index is 10.6. The van der Waals surface area contributed by atoms with Crippen LogP contribution in [0.3, 0.4) is 0 Å². The van der Waals surface area contributed by atoms with Crippen LogP contribution in [0, 0.1) is 0 Å². The van der Waals surface area contributed by atoms with Gasteiger partial charge in [0.05, 0.1) is 6.54 Å². The molecule has 1 unspecified atom stereocenters. The first-order chi connectivity index (χ1) is 12.0. The van der Waals surface area contributed by atoms with Gasteiger partial charge in [0.1, 0.15) is 10.8 Å². The molecular formula is C19H25ClN4O. The van der Waals surface area contributed by atoms with E-state index in [0.717, 1.165) is 24.1 Å². The van der Waals surface area contributed by atoms with Gasteiger partial charge in [0.25, 0.3) is 0 Å². The molecule has 2 rings (SSSR count). The average Bonchev–Trinajstić information content (AvgIpc) is 2.62. The van der Waals surface area contributed by atoms with Gasteiger partial charge < -0.3 is 15.7 Å². The summed E-state index contributed by atoms with van der Waals surface area (Å²) in [6.07, 6.45) is 2.58. The zero-order chi connectivity index (χ0) is 18.1. The number of guanidine groups is 1. The number of benzene rings is 1. The fourth-order valence-electron chi connectivity index (χ4n) is 2.34. The maximum atomic E-state index is 10.6. The summed E-state index contributed by atoms with van der Waals surface area (Å²) in [5, 5.41) is 17.6. The molecule has 0 aliphatic rings. The Kier molecular flexibility index (Phi) is 7.22. The van der Waals surface area contributed by atoms with E-state index in [1.807, 2.05) is 43.3 Å². The van der Waals surface area contributed by atoms with Crippen molar-refractivity contribution in [2.75, 3.05) is 19.6 Å². The lowest BCUT2D eigenvalue weighted by Crippen LogP contribution is -2.39. The highest BCUT2D eigenvalue weighted by atomic mass is 35.5. The smallest absolute Gasteiger partial charge is 0.191 e. The third-order valence-electron chi connectivity index (χ3n) is 3.78. The van der Waals surface area contributed by atoms with Crippen molar-refractivity contribution in [3.8, 4) is 0 Å². The van der Waals surface area contributed by atoms with E-state index >= 15 is 0 Å². The molecule has 0 saturated carbocycles. The van der Waals surface area contributed by atoms with Crippen LogP contribution in [0.4, 0.5) is 0 Å². The zero-order valence-corrected chi connectivity index (χ0v) is 15.4. The molecule has 0 radical (unpaired) electrons. The lowest BCUT2D eigenvalue weighted by molar-refractivity contribution is 0.0672. The molecule has 5 nitrogen and oxygen atoms in total. The number of nitrogens with zero attached hydrogens (tertiary/aromatic N) is 2. The minimum Gasteiger partial charge on any atom is -0.384 e. The molecule has 0 fully saturated rings. The highest BCUT2D eigenvalue weighted by Gasteiger charge is 2.22. The van der Waals surface area contributed by atoms with Gasteiger partial charge in [0.2, 0.25) is 0 Å². The monoisotopic (exact) mass is 360 g/mol. The minimum absolute atomic E-state index is 0.273. The summed E-state index contributed by atoms with van der Waals surface area (Å²) in [5.74, 6) is 0.681. The summed E-state index contributed by atoms with van der Waals surface area (Å²) in [6, 6.07) is 13.3. The Balaban J connectivity index is 1.92. The molecule has 0 spiro atoms. The fourth-order valence-corrected chi connectivity index (χ4v) is 2.45. The molecule has 0 saturated heterocycles. The normalized spacial score (nSPS) is 14.0. The first kappa shape index (κ1) is 19.2. The lowest BCUT2D eigenvalue weighted by Gasteiger charge is -2.22. The van der Waals surface area contributed by atoms with Crippen LogP contribution in [0.15, 0.2) is 53.7 Å². The van der Waals surface area contributed by atoms with Crippen LogP contribution in [-0.4, -0.2) is 35.7 Å². The molecule has 25 heavy (non-hydrogen) atoms. The number of aliphatic imine (C=N–C) groups is 1. The van der Waals surface area contributed by atoms with Gasteiger partial charge in [0.15, 0.2) is 5.96 Å². The van der Waals surface area contributed by atoms with Crippen molar-refractivity contribution in [1.29, 1.82) is 0 Å². The quantitative estimate of drug-likeness (QED) is 0.403. The molecule has 2 aromatic rings. The molecule has 0 amide bonds. The average molecular weight is 361 g/mol. The lowest BCUT2D eigenvalue weighted by atomic mass is 9.96. The molecule has 1 atom stereocenters. The number of hydrogen-bond donors (Lipinski definition) is 3. The third kappa shape index (κ3) is 6.36. The predicted molar refractivity (Wildman–Crippen MR) is 103 cm³/mol. The molecule has 3 N–H and O–H groups in total. The summed E-state index contributed by atoms with van der Waals surface area (Å²) < 4.78 is 0. The van der Waals surface area contributed by atoms with Crippen molar-refractivity contribution in [2.24, 2.45) is 4.99 Å². The van der Waals surface area contributed by atoms with Crippen molar-refractivity contribution in [3.63, 3.8) is 0 Å². The summed E-state index contributed by atoms with van der Waals surface area (Å²) in [4.78, 5) is 8.59. The number of nitrogens with one attached hydrogen (secondary N) is 2. The second-order valence-electron chi connectivity index (χ2n) is 6.00. The Morgan fingerprint density at radius 3 is 2.60 bits per heavy atom. The summed E-state index contributed by atoms with van der Waals surface area (Å²) in [5.41, 5.74) is 0.940.